The summed E-state index contributed by atoms with van der Waals surface area (Å²) in [7, 11) is -3.48. The van der Waals surface area contributed by atoms with Crippen LogP contribution in [0.5, 0.6) is 0 Å². The summed E-state index contributed by atoms with van der Waals surface area (Å²) in [6.45, 7) is 3.72. The zero-order valence-electron chi connectivity index (χ0n) is 8.93. The van der Waals surface area contributed by atoms with Crippen LogP contribution in [0.1, 0.15) is 11.9 Å². The van der Waals surface area contributed by atoms with Crippen molar-refractivity contribution in [3.05, 3.63) is 11.2 Å². The molecule has 90 valence electrons. The van der Waals surface area contributed by atoms with Crippen molar-refractivity contribution >= 4 is 38.6 Å². The summed E-state index contributed by atoms with van der Waals surface area (Å²) in [5.74, 6) is -0.168. The van der Waals surface area contributed by atoms with E-state index in [1.807, 2.05) is 0 Å². The molecular formula is C8H13N3O2S3. The number of thiazole rings is 1. The van der Waals surface area contributed by atoms with Gasteiger partial charge >= 0.3 is 0 Å². The average Bonchev–Trinajstić information content (AvgIpc) is 2.61. The molecule has 1 aromatic heterocycles. The van der Waals surface area contributed by atoms with Gasteiger partial charge in [-0.25, -0.2) is 18.1 Å². The van der Waals surface area contributed by atoms with Crippen LogP contribution in [0, 0.1) is 12.8 Å². The summed E-state index contributed by atoms with van der Waals surface area (Å²) in [4.78, 5) is 4.19. The molecule has 0 spiro atoms. The molecule has 0 aliphatic heterocycles. The third kappa shape index (κ3) is 3.48. The number of aryl methyl sites for hydroxylation is 1. The Morgan fingerprint density at radius 2 is 2.38 bits per heavy atom. The van der Waals surface area contributed by atoms with Crippen molar-refractivity contribution in [2.75, 3.05) is 6.54 Å². The van der Waals surface area contributed by atoms with Crippen molar-refractivity contribution in [2.45, 2.75) is 18.1 Å². The first kappa shape index (κ1) is 13.5. The van der Waals surface area contributed by atoms with Gasteiger partial charge in [0.2, 0.25) is 0 Å². The summed E-state index contributed by atoms with van der Waals surface area (Å²) in [5, 5.41) is 0.711. The zero-order chi connectivity index (χ0) is 12.3. The SMILES string of the molecule is Cc1ncc(S(=O)(=O)NCC(C)C(N)=S)s1. The first-order chi connectivity index (χ1) is 7.33. The third-order valence-electron chi connectivity index (χ3n) is 1.93. The molecule has 0 aliphatic rings. The molecule has 1 atom stereocenters. The highest BCUT2D eigenvalue weighted by molar-refractivity contribution is 7.91. The Bertz CT molecular complexity index is 480. The molecule has 0 amide bonds. The number of thiocarbonyl (C=S) groups is 1. The fraction of sp³-hybridized carbons (Fsp3) is 0.500. The standard InChI is InChI=1S/C8H13N3O2S3/c1-5(8(9)14)3-11-16(12,13)7-4-10-6(2)15-7/h4-5,11H,3H2,1-2H3,(H2,9,14). The second kappa shape index (κ2) is 5.17. The lowest BCUT2D eigenvalue weighted by atomic mass is 10.2. The molecule has 0 saturated heterocycles. The van der Waals surface area contributed by atoms with Gasteiger partial charge in [-0.15, -0.1) is 11.3 Å². The first-order valence-corrected chi connectivity index (χ1v) is 7.25. The molecule has 8 heteroatoms. The van der Waals surface area contributed by atoms with E-state index in [-0.39, 0.29) is 16.7 Å². The third-order valence-corrected chi connectivity index (χ3v) is 5.13. The van der Waals surface area contributed by atoms with Gasteiger partial charge in [-0.05, 0) is 6.92 Å². The van der Waals surface area contributed by atoms with Crippen LogP contribution in [-0.4, -0.2) is 24.9 Å². The minimum atomic E-state index is -3.48. The Hall–Kier alpha value is -0.570. The summed E-state index contributed by atoms with van der Waals surface area (Å²) in [6.07, 6.45) is 1.34. The smallest absolute Gasteiger partial charge is 0.251 e. The van der Waals surface area contributed by atoms with Crippen molar-refractivity contribution in [3.8, 4) is 0 Å². The monoisotopic (exact) mass is 279 g/mol. The Labute approximate surface area is 104 Å². The number of nitrogens with two attached hydrogens (primary N) is 1. The van der Waals surface area contributed by atoms with Crippen LogP contribution in [0.25, 0.3) is 0 Å². The Balaban J connectivity index is 2.70. The summed E-state index contributed by atoms with van der Waals surface area (Å²) < 4.78 is 26.1. The quantitative estimate of drug-likeness (QED) is 0.773. The highest BCUT2D eigenvalue weighted by Gasteiger charge is 2.18. The van der Waals surface area contributed by atoms with Gasteiger partial charge in [-0.3, -0.25) is 0 Å². The Morgan fingerprint density at radius 3 is 2.81 bits per heavy atom. The fourth-order valence-corrected chi connectivity index (χ4v) is 3.24. The summed E-state index contributed by atoms with van der Waals surface area (Å²) in [6, 6.07) is 0. The van der Waals surface area contributed by atoms with Crippen molar-refractivity contribution in [1.82, 2.24) is 9.71 Å². The molecule has 1 rings (SSSR count). The number of aromatic nitrogens is 1. The molecule has 16 heavy (non-hydrogen) atoms. The highest BCUT2D eigenvalue weighted by atomic mass is 32.2. The van der Waals surface area contributed by atoms with E-state index in [1.165, 1.54) is 6.20 Å². The van der Waals surface area contributed by atoms with E-state index in [2.05, 4.69) is 9.71 Å². The van der Waals surface area contributed by atoms with Gasteiger partial charge in [-0.1, -0.05) is 19.1 Å². The Kier molecular flexibility index (Phi) is 4.36. The minimum absolute atomic E-state index is 0.168. The topological polar surface area (TPSA) is 85.1 Å². The van der Waals surface area contributed by atoms with Gasteiger partial charge in [0.25, 0.3) is 10.0 Å². The molecular weight excluding hydrogens is 266 g/mol. The lowest BCUT2D eigenvalue weighted by Gasteiger charge is -2.09. The van der Waals surface area contributed by atoms with E-state index < -0.39 is 10.0 Å². The van der Waals surface area contributed by atoms with Crippen LogP contribution in [0.4, 0.5) is 0 Å². The molecule has 0 radical (unpaired) electrons. The van der Waals surface area contributed by atoms with Crippen molar-refractivity contribution in [1.29, 1.82) is 0 Å². The summed E-state index contributed by atoms with van der Waals surface area (Å²) >= 11 is 5.89. The predicted molar refractivity (Wildman–Crippen MR) is 68.0 cm³/mol. The highest BCUT2D eigenvalue weighted by Crippen LogP contribution is 2.17. The second-order valence-corrected chi connectivity index (χ2v) is 7.05. The minimum Gasteiger partial charge on any atom is -0.393 e. The largest absolute Gasteiger partial charge is 0.393 e. The summed E-state index contributed by atoms with van der Waals surface area (Å²) in [5.41, 5.74) is 5.39. The molecule has 0 bridgehead atoms. The molecule has 0 aromatic carbocycles. The van der Waals surface area contributed by atoms with Crippen molar-refractivity contribution < 1.29 is 8.42 Å². The van der Waals surface area contributed by atoms with E-state index in [4.69, 9.17) is 18.0 Å². The molecule has 0 fully saturated rings. The number of sulfonamides is 1. The molecule has 1 aromatic rings. The Morgan fingerprint density at radius 1 is 1.75 bits per heavy atom. The van der Waals surface area contributed by atoms with Crippen LogP contribution < -0.4 is 10.5 Å². The van der Waals surface area contributed by atoms with Crippen LogP contribution in [-0.2, 0) is 10.0 Å². The van der Waals surface area contributed by atoms with Gasteiger partial charge in [-0.2, -0.15) is 0 Å². The second-order valence-electron chi connectivity index (χ2n) is 3.35. The van der Waals surface area contributed by atoms with Gasteiger partial charge in [0, 0.05) is 12.5 Å². The van der Waals surface area contributed by atoms with E-state index in [0.29, 0.717) is 10.00 Å². The average molecular weight is 279 g/mol. The van der Waals surface area contributed by atoms with Crippen LogP contribution in [0.3, 0.4) is 0 Å². The maximum absolute atomic E-state index is 11.7. The number of rotatable bonds is 5. The van der Waals surface area contributed by atoms with Gasteiger partial charge in [0.15, 0.2) is 4.21 Å². The number of hydrogen-bond donors (Lipinski definition) is 2. The lowest BCUT2D eigenvalue weighted by molar-refractivity contribution is 0.577. The molecule has 3 N–H and O–H groups in total. The molecule has 1 heterocycles. The van der Waals surface area contributed by atoms with Gasteiger partial charge in [0.1, 0.15) is 0 Å². The molecule has 1 unspecified atom stereocenters. The van der Waals surface area contributed by atoms with Gasteiger partial charge < -0.3 is 5.73 Å². The van der Waals surface area contributed by atoms with Crippen LogP contribution in [0.2, 0.25) is 0 Å². The lowest BCUT2D eigenvalue weighted by Crippen LogP contribution is -2.33. The molecule has 0 saturated carbocycles. The van der Waals surface area contributed by atoms with Crippen molar-refractivity contribution in [2.24, 2.45) is 11.7 Å². The maximum atomic E-state index is 11.7. The first-order valence-electron chi connectivity index (χ1n) is 4.54. The number of nitrogens with one attached hydrogen (secondary N) is 1. The number of hydrogen-bond acceptors (Lipinski definition) is 5. The van der Waals surface area contributed by atoms with Crippen LogP contribution in [0.15, 0.2) is 10.4 Å². The maximum Gasteiger partial charge on any atom is 0.251 e. The fourth-order valence-electron chi connectivity index (χ4n) is 0.873. The van der Waals surface area contributed by atoms with Gasteiger partial charge in [0.05, 0.1) is 16.2 Å². The van der Waals surface area contributed by atoms with E-state index in [9.17, 15) is 8.42 Å². The van der Waals surface area contributed by atoms with Crippen molar-refractivity contribution in [3.63, 3.8) is 0 Å². The molecule has 0 aliphatic carbocycles. The van der Waals surface area contributed by atoms with E-state index in [1.54, 1.807) is 13.8 Å². The number of nitrogens with zero attached hydrogens (tertiary/aromatic N) is 1. The van der Waals surface area contributed by atoms with E-state index >= 15 is 0 Å². The predicted octanol–water partition coefficient (Wildman–Crippen LogP) is 0.652. The van der Waals surface area contributed by atoms with E-state index in [0.717, 1.165) is 11.3 Å². The molecule has 5 nitrogen and oxygen atoms in total. The zero-order valence-corrected chi connectivity index (χ0v) is 11.4. The normalized spacial score (nSPS) is 13.6. The van der Waals surface area contributed by atoms with Crippen LogP contribution >= 0.6 is 23.6 Å².